The van der Waals surface area contributed by atoms with E-state index in [1.807, 2.05) is 0 Å². The van der Waals surface area contributed by atoms with Crippen molar-refractivity contribution < 1.29 is 4.74 Å². The SMILES string of the molecule is ClCc1cc(Oc2cccc(Cl)c2Cl)ncc1Cl. The first-order chi connectivity index (χ1) is 8.61. The Hall–Kier alpha value is -0.670. The number of alkyl halides is 1. The quantitative estimate of drug-likeness (QED) is 0.689. The van der Waals surface area contributed by atoms with Crippen LogP contribution >= 0.6 is 46.4 Å². The minimum absolute atomic E-state index is 0.279. The molecule has 6 heteroatoms. The van der Waals surface area contributed by atoms with Crippen molar-refractivity contribution in [1.82, 2.24) is 4.98 Å². The van der Waals surface area contributed by atoms with Crippen LogP contribution in [0, 0.1) is 0 Å². The molecular weight excluding hydrogens is 316 g/mol. The molecule has 0 atom stereocenters. The second-order valence-electron chi connectivity index (χ2n) is 3.40. The molecule has 1 aromatic heterocycles. The number of pyridine rings is 1. The van der Waals surface area contributed by atoms with Crippen LogP contribution in [0.15, 0.2) is 30.5 Å². The average Bonchev–Trinajstić information content (AvgIpc) is 2.37. The number of aromatic nitrogens is 1. The van der Waals surface area contributed by atoms with Gasteiger partial charge in [-0.1, -0.05) is 40.9 Å². The van der Waals surface area contributed by atoms with E-state index < -0.39 is 0 Å². The summed E-state index contributed by atoms with van der Waals surface area (Å²) in [6.45, 7) is 0. The molecule has 0 radical (unpaired) electrons. The summed E-state index contributed by atoms with van der Waals surface area (Å²) in [6.07, 6.45) is 1.48. The van der Waals surface area contributed by atoms with E-state index in [2.05, 4.69) is 4.98 Å². The predicted molar refractivity (Wildman–Crippen MR) is 75.3 cm³/mol. The molecule has 0 aliphatic carbocycles. The third-order valence-electron chi connectivity index (χ3n) is 2.18. The Morgan fingerprint density at radius 3 is 2.61 bits per heavy atom. The fraction of sp³-hybridized carbons (Fsp3) is 0.0833. The first-order valence-corrected chi connectivity index (χ1v) is 6.61. The molecule has 2 nitrogen and oxygen atoms in total. The van der Waals surface area contributed by atoms with E-state index in [0.717, 1.165) is 5.56 Å². The summed E-state index contributed by atoms with van der Waals surface area (Å²) in [6, 6.07) is 6.77. The predicted octanol–water partition coefficient (Wildman–Crippen LogP) is 5.57. The summed E-state index contributed by atoms with van der Waals surface area (Å²) < 4.78 is 5.54. The third-order valence-corrected chi connectivity index (χ3v) is 3.61. The van der Waals surface area contributed by atoms with Crippen molar-refractivity contribution in [1.29, 1.82) is 0 Å². The monoisotopic (exact) mass is 321 g/mol. The van der Waals surface area contributed by atoms with E-state index >= 15 is 0 Å². The van der Waals surface area contributed by atoms with Crippen LogP contribution in [0.2, 0.25) is 15.1 Å². The van der Waals surface area contributed by atoms with Gasteiger partial charge in [-0.05, 0) is 17.7 Å². The van der Waals surface area contributed by atoms with Crippen molar-refractivity contribution in [2.24, 2.45) is 0 Å². The molecule has 0 aliphatic heterocycles. The fourth-order valence-electron chi connectivity index (χ4n) is 1.29. The second-order valence-corrected chi connectivity index (χ2v) is 4.86. The van der Waals surface area contributed by atoms with Gasteiger partial charge >= 0.3 is 0 Å². The first-order valence-electron chi connectivity index (χ1n) is 4.94. The van der Waals surface area contributed by atoms with Gasteiger partial charge in [0.25, 0.3) is 0 Å². The smallest absolute Gasteiger partial charge is 0.219 e. The van der Waals surface area contributed by atoms with Gasteiger partial charge in [0.1, 0.15) is 10.8 Å². The van der Waals surface area contributed by atoms with Crippen LogP contribution < -0.4 is 4.74 Å². The third kappa shape index (κ3) is 3.01. The molecule has 0 saturated heterocycles. The van der Waals surface area contributed by atoms with Crippen molar-refractivity contribution in [3.05, 3.63) is 51.1 Å². The first kappa shape index (κ1) is 13.8. The Bertz CT molecular complexity index is 574. The van der Waals surface area contributed by atoms with Crippen LogP contribution in [0.1, 0.15) is 5.56 Å². The van der Waals surface area contributed by atoms with Crippen LogP contribution in [0.3, 0.4) is 0 Å². The van der Waals surface area contributed by atoms with Gasteiger partial charge in [-0.3, -0.25) is 0 Å². The minimum Gasteiger partial charge on any atom is -0.437 e. The summed E-state index contributed by atoms with van der Waals surface area (Å²) in [4.78, 5) is 4.04. The van der Waals surface area contributed by atoms with Gasteiger partial charge in [0.05, 0.1) is 10.0 Å². The lowest BCUT2D eigenvalue weighted by Gasteiger charge is -2.08. The maximum absolute atomic E-state index is 6.01. The molecule has 0 aliphatic rings. The van der Waals surface area contributed by atoms with Gasteiger partial charge < -0.3 is 4.74 Å². The van der Waals surface area contributed by atoms with Gasteiger partial charge in [0.15, 0.2) is 0 Å². The number of ether oxygens (including phenoxy) is 1. The lowest BCUT2D eigenvalue weighted by molar-refractivity contribution is 0.462. The van der Waals surface area contributed by atoms with Gasteiger partial charge in [-0.15, -0.1) is 11.6 Å². The van der Waals surface area contributed by atoms with Gasteiger partial charge in [-0.2, -0.15) is 0 Å². The van der Waals surface area contributed by atoms with E-state index in [4.69, 9.17) is 51.1 Å². The molecule has 0 spiro atoms. The zero-order valence-corrected chi connectivity index (χ0v) is 12.0. The van der Waals surface area contributed by atoms with Crippen molar-refractivity contribution in [3.8, 4) is 11.6 Å². The van der Waals surface area contributed by atoms with Crippen molar-refractivity contribution in [2.45, 2.75) is 5.88 Å². The molecule has 1 heterocycles. The Labute approximate surface area is 124 Å². The Morgan fingerprint density at radius 2 is 1.89 bits per heavy atom. The maximum Gasteiger partial charge on any atom is 0.219 e. The fourth-order valence-corrected chi connectivity index (χ4v) is 2.08. The normalized spacial score (nSPS) is 10.4. The molecule has 0 N–H and O–H groups in total. The molecule has 0 fully saturated rings. The highest BCUT2D eigenvalue weighted by atomic mass is 35.5. The Kier molecular flexibility index (Phi) is 4.57. The summed E-state index contributed by atoms with van der Waals surface area (Å²) in [7, 11) is 0. The maximum atomic E-state index is 6.01. The van der Waals surface area contributed by atoms with Crippen LogP contribution in [-0.4, -0.2) is 4.98 Å². The number of rotatable bonds is 3. The number of benzene rings is 1. The molecule has 0 saturated carbocycles. The largest absolute Gasteiger partial charge is 0.437 e. The highest BCUT2D eigenvalue weighted by Crippen LogP contribution is 2.34. The molecule has 2 rings (SSSR count). The lowest BCUT2D eigenvalue weighted by Crippen LogP contribution is -1.91. The number of nitrogens with zero attached hydrogens (tertiary/aromatic N) is 1. The summed E-state index contributed by atoms with van der Waals surface area (Å²) >= 11 is 23.6. The number of hydrogen-bond donors (Lipinski definition) is 0. The van der Waals surface area contributed by atoms with E-state index in [9.17, 15) is 0 Å². The Morgan fingerprint density at radius 1 is 1.11 bits per heavy atom. The van der Waals surface area contributed by atoms with Crippen LogP contribution in [0.4, 0.5) is 0 Å². The van der Waals surface area contributed by atoms with E-state index in [1.165, 1.54) is 6.20 Å². The van der Waals surface area contributed by atoms with Gasteiger partial charge in [0, 0.05) is 18.1 Å². The van der Waals surface area contributed by atoms with E-state index in [1.54, 1.807) is 24.3 Å². The molecule has 1 aromatic carbocycles. The molecule has 0 bridgehead atoms. The van der Waals surface area contributed by atoms with E-state index in [-0.39, 0.29) is 5.88 Å². The highest BCUT2D eigenvalue weighted by molar-refractivity contribution is 6.42. The minimum atomic E-state index is 0.279. The molecule has 2 aromatic rings. The summed E-state index contributed by atoms with van der Waals surface area (Å²) in [5.74, 6) is 1.07. The molecule has 18 heavy (non-hydrogen) atoms. The summed E-state index contributed by atoms with van der Waals surface area (Å²) in [5.41, 5.74) is 0.737. The van der Waals surface area contributed by atoms with Crippen LogP contribution in [0.25, 0.3) is 0 Å². The van der Waals surface area contributed by atoms with Crippen LogP contribution in [0.5, 0.6) is 11.6 Å². The zero-order chi connectivity index (χ0) is 13.1. The number of hydrogen-bond acceptors (Lipinski definition) is 2. The highest BCUT2D eigenvalue weighted by Gasteiger charge is 2.09. The van der Waals surface area contributed by atoms with E-state index in [0.29, 0.717) is 26.7 Å². The molecule has 94 valence electrons. The summed E-state index contributed by atoms with van der Waals surface area (Å²) in [5, 5.41) is 1.25. The van der Waals surface area contributed by atoms with Gasteiger partial charge in [-0.25, -0.2) is 4.98 Å². The average molecular weight is 323 g/mol. The zero-order valence-electron chi connectivity index (χ0n) is 8.96. The standard InChI is InChI=1S/C12H7Cl4NO/c13-5-7-4-11(17-6-9(7)15)18-10-3-1-2-8(14)12(10)16/h1-4,6H,5H2. The topological polar surface area (TPSA) is 22.1 Å². The molecule has 0 unspecified atom stereocenters. The van der Waals surface area contributed by atoms with Crippen molar-refractivity contribution >= 4 is 46.4 Å². The van der Waals surface area contributed by atoms with Gasteiger partial charge in [0.2, 0.25) is 5.88 Å². The van der Waals surface area contributed by atoms with Crippen molar-refractivity contribution in [2.75, 3.05) is 0 Å². The lowest BCUT2D eigenvalue weighted by atomic mass is 10.3. The molecular formula is C12H7Cl4NO. The second kappa shape index (κ2) is 5.98. The Balaban J connectivity index is 2.31. The molecule has 0 amide bonds. The van der Waals surface area contributed by atoms with Crippen LogP contribution in [-0.2, 0) is 5.88 Å². The van der Waals surface area contributed by atoms with Crippen molar-refractivity contribution in [3.63, 3.8) is 0 Å². The number of halogens is 4.